The maximum Gasteiger partial charge on any atom is 0.273 e. The molecule has 0 amide bonds. The van der Waals surface area contributed by atoms with Crippen LogP contribution in [0.5, 0.6) is 0 Å². The van der Waals surface area contributed by atoms with Crippen LogP contribution in [-0.4, -0.2) is 14.8 Å². The first-order chi connectivity index (χ1) is 9.54. The minimum absolute atomic E-state index is 0.0228. The van der Waals surface area contributed by atoms with Gasteiger partial charge in [0.05, 0.1) is 5.39 Å². The lowest BCUT2D eigenvalue weighted by atomic mass is 10.1. The topological polar surface area (TPSA) is 50.7 Å². The zero-order valence-electron chi connectivity index (χ0n) is 13.0. The third kappa shape index (κ3) is 2.94. The molecule has 0 spiro atoms. The Labute approximate surface area is 120 Å². The van der Waals surface area contributed by atoms with E-state index in [2.05, 4.69) is 23.9 Å². The first-order valence-electron chi connectivity index (χ1n) is 7.63. The average Bonchev–Trinajstić information content (AvgIpc) is 2.71. The number of hydrogen-bond donors (Lipinski definition) is 1. The Morgan fingerprint density at radius 1 is 1.30 bits per heavy atom. The van der Waals surface area contributed by atoms with Crippen molar-refractivity contribution in [2.75, 3.05) is 0 Å². The standard InChI is InChI=1S/C16H25N3O/c1-5-6-7-8-9-13(4)19-15-14(16(20)18-19)11(2)10-12(3)17-15/h10,13H,5-9H2,1-4H3,(H,18,20)/t13-/m1/s1. The van der Waals surface area contributed by atoms with Crippen molar-refractivity contribution < 1.29 is 0 Å². The molecular formula is C16H25N3O. The van der Waals surface area contributed by atoms with Crippen molar-refractivity contribution in [2.45, 2.75) is 65.8 Å². The number of fused-ring (bicyclic) bond motifs is 1. The number of unbranched alkanes of at least 4 members (excludes halogenated alkanes) is 3. The van der Waals surface area contributed by atoms with E-state index in [1.54, 1.807) is 0 Å². The molecule has 2 aromatic heterocycles. The van der Waals surface area contributed by atoms with Gasteiger partial charge in [-0.15, -0.1) is 0 Å². The van der Waals surface area contributed by atoms with Gasteiger partial charge in [-0.3, -0.25) is 14.6 Å². The van der Waals surface area contributed by atoms with Gasteiger partial charge in [0.1, 0.15) is 0 Å². The van der Waals surface area contributed by atoms with Crippen LogP contribution < -0.4 is 5.56 Å². The first kappa shape index (κ1) is 14.8. The predicted molar refractivity (Wildman–Crippen MR) is 83.3 cm³/mol. The SMILES string of the molecule is CCCCCC[C@@H](C)n1[nH]c(=O)c2c(C)cc(C)nc21. The van der Waals surface area contributed by atoms with Crippen LogP contribution in [0.15, 0.2) is 10.9 Å². The van der Waals surface area contributed by atoms with Crippen molar-refractivity contribution in [3.63, 3.8) is 0 Å². The molecule has 0 bridgehead atoms. The fourth-order valence-electron chi connectivity index (χ4n) is 2.80. The summed E-state index contributed by atoms with van der Waals surface area (Å²) in [5, 5.41) is 3.69. The lowest BCUT2D eigenvalue weighted by molar-refractivity contribution is 0.442. The van der Waals surface area contributed by atoms with Crippen molar-refractivity contribution >= 4 is 11.0 Å². The largest absolute Gasteiger partial charge is 0.273 e. The lowest BCUT2D eigenvalue weighted by Gasteiger charge is -2.14. The fourth-order valence-corrected chi connectivity index (χ4v) is 2.80. The molecule has 0 radical (unpaired) electrons. The molecular weight excluding hydrogens is 250 g/mol. The summed E-state index contributed by atoms with van der Waals surface area (Å²) in [7, 11) is 0. The van der Waals surface area contributed by atoms with Gasteiger partial charge < -0.3 is 0 Å². The second-order valence-electron chi connectivity index (χ2n) is 5.79. The molecule has 110 valence electrons. The Morgan fingerprint density at radius 3 is 2.75 bits per heavy atom. The molecule has 2 heterocycles. The van der Waals surface area contributed by atoms with E-state index in [0.717, 1.165) is 28.7 Å². The second-order valence-corrected chi connectivity index (χ2v) is 5.79. The van der Waals surface area contributed by atoms with Crippen LogP contribution in [0.25, 0.3) is 11.0 Å². The van der Waals surface area contributed by atoms with E-state index in [1.807, 2.05) is 24.6 Å². The summed E-state index contributed by atoms with van der Waals surface area (Å²) in [4.78, 5) is 16.7. The van der Waals surface area contributed by atoms with Crippen molar-refractivity contribution in [1.29, 1.82) is 0 Å². The van der Waals surface area contributed by atoms with E-state index >= 15 is 0 Å². The predicted octanol–water partition coefficient (Wildman–Crippen LogP) is 3.87. The Hall–Kier alpha value is -1.58. The van der Waals surface area contributed by atoms with Gasteiger partial charge >= 0.3 is 0 Å². The number of aryl methyl sites for hydroxylation is 2. The molecule has 4 nitrogen and oxygen atoms in total. The van der Waals surface area contributed by atoms with E-state index in [-0.39, 0.29) is 11.6 Å². The smallest absolute Gasteiger partial charge is 0.267 e. The van der Waals surface area contributed by atoms with E-state index in [0.29, 0.717) is 0 Å². The highest BCUT2D eigenvalue weighted by molar-refractivity contribution is 5.78. The second kappa shape index (κ2) is 6.25. The Bertz CT molecular complexity index is 639. The van der Waals surface area contributed by atoms with E-state index in [4.69, 9.17) is 0 Å². The number of rotatable bonds is 6. The van der Waals surface area contributed by atoms with Crippen LogP contribution >= 0.6 is 0 Å². The summed E-state index contributed by atoms with van der Waals surface area (Å²) in [6.45, 7) is 8.32. The number of H-pyrrole nitrogens is 1. The maximum atomic E-state index is 12.1. The minimum atomic E-state index is -0.0228. The molecule has 0 aromatic carbocycles. The van der Waals surface area contributed by atoms with Gasteiger partial charge in [0, 0.05) is 11.7 Å². The molecule has 0 fully saturated rings. The third-order valence-corrected chi connectivity index (χ3v) is 3.92. The summed E-state index contributed by atoms with van der Waals surface area (Å²) in [6.07, 6.45) is 6.06. The third-order valence-electron chi connectivity index (χ3n) is 3.92. The van der Waals surface area contributed by atoms with Crippen LogP contribution in [-0.2, 0) is 0 Å². The lowest BCUT2D eigenvalue weighted by Crippen LogP contribution is -2.11. The van der Waals surface area contributed by atoms with Gasteiger partial charge in [-0.05, 0) is 38.8 Å². The van der Waals surface area contributed by atoms with Gasteiger partial charge in [0.15, 0.2) is 5.65 Å². The number of aromatic nitrogens is 3. The molecule has 4 heteroatoms. The van der Waals surface area contributed by atoms with E-state index in [1.165, 1.54) is 25.7 Å². The number of aromatic amines is 1. The summed E-state index contributed by atoms with van der Waals surface area (Å²) < 4.78 is 1.95. The summed E-state index contributed by atoms with van der Waals surface area (Å²) in [5.74, 6) is 0. The Kier molecular flexibility index (Phi) is 4.63. The highest BCUT2D eigenvalue weighted by Crippen LogP contribution is 2.20. The zero-order chi connectivity index (χ0) is 14.7. The monoisotopic (exact) mass is 275 g/mol. The van der Waals surface area contributed by atoms with Crippen molar-refractivity contribution in [3.05, 3.63) is 27.7 Å². The van der Waals surface area contributed by atoms with E-state index < -0.39 is 0 Å². The maximum absolute atomic E-state index is 12.1. The summed E-state index contributed by atoms with van der Waals surface area (Å²) >= 11 is 0. The van der Waals surface area contributed by atoms with Crippen molar-refractivity contribution in [2.24, 2.45) is 0 Å². The number of nitrogens with zero attached hydrogens (tertiary/aromatic N) is 2. The van der Waals surface area contributed by atoms with Crippen LogP contribution in [0.4, 0.5) is 0 Å². The average molecular weight is 275 g/mol. The van der Waals surface area contributed by atoms with Crippen LogP contribution in [0.2, 0.25) is 0 Å². The summed E-state index contributed by atoms with van der Waals surface area (Å²) in [5.41, 5.74) is 2.74. The molecule has 2 aromatic rings. The van der Waals surface area contributed by atoms with Gasteiger partial charge in [-0.1, -0.05) is 32.6 Å². The van der Waals surface area contributed by atoms with Crippen LogP contribution in [0.1, 0.15) is 63.3 Å². The molecule has 0 saturated heterocycles. The van der Waals surface area contributed by atoms with E-state index in [9.17, 15) is 4.79 Å². The molecule has 0 aliphatic carbocycles. The van der Waals surface area contributed by atoms with Gasteiger partial charge in [-0.2, -0.15) is 0 Å². The Morgan fingerprint density at radius 2 is 2.05 bits per heavy atom. The van der Waals surface area contributed by atoms with Gasteiger partial charge in [-0.25, -0.2) is 4.98 Å². The minimum Gasteiger partial charge on any atom is -0.267 e. The molecule has 20 heavy (non-hydrogen) atoms. The molecule has 1 N–H and O–H groups in total. The number of pyridine rings is 1. The normalized spacial score (nSPS) is 13.0. The fraction of sp³-hybridized carbons (Fsp3) is 0.625. The molecule has 0 aliphatic heterocycles. The molecule has 1 atom stereocenters. The van der Waals surface area contributed by atoms with Crippen molar-refractivity contribution in [3.8, 4) is 0 Å². The number of hydrogen-bond acceptors (Lipinski definition) is 2. The molecule has 0 saturated carbocycles. The number of nitrogens with one attached hydrogen (secondary N) is 1. The highest BCUT2D eigenvalue weighted by atomic mass is 16.1. The molecule has 0 aliphatic rings. The summed E-state index contributed by atoms with van der Waals surface area (Å²) in [6, 6.07) is 2.25. The highest BCUT2D eigenvalue weighted by Gasteiger charge is 2.15. The van der Waals surface area contributed by atoms with Gasteiger partial charge in [0.25, 0.3) is 5.56 Å². The zero-order valence-corrected chi connectivity index (χ0v) is 13.0. The van der Waals surface area contributed by atoms with Gasteiger partial charge in [0.2, 0.25) is 0 Å². The Balaban J connectivity index is 2.28. The van der Waals surface area contributed by atoms with Crippen LogP contribution in [0.3, 0.4) is 0 Å². The quantitative estimate of drug-likeness (QED) is 0.813. The van der Waals surface area contributed by atoms with Crippen LogP contribution in [0, 0.1) is 13.8 Å². The molecule has 0 unspecified atom stereocenters. The first-order valence-corrected chi connectivity index (χ1v) is 7.63. The molecule has 2 rings (SSSR count). The van der Waals surface area contributed by atoms with Crippen molar-refractivity contribution in [1.82, 2.24) is 14.8 Å².